The fraction of sp³-hybridized carbons (Fsp3) is 0.400. The highest BCUT2D eigenvalue weighted by molar-refractivity contribution is 5.70. The minimum Gasteiger partial charge on any atom is -0.497 e. The van der Waals surface area contributed by atoms with E-state index >= 15 is 4.39 Å². The van der Waals surface area contributed by atoms with Crippen LogP contribution in [0, 0.1) is 11.2 Å². The van der Waals surface area contributed by atoms with Crippen LogP contribution in [-0.2, 0) is 6.42 Å². The third-order valence-electron chi connectivity index (χ3n) is 4.02. The Labute approximate surface area is 137 Å². The standard InChI is InChI=1S/C20H24F2O/c1-6-13-7-9-15(17(11-13)19(22)20(2,3)4)16-12-14(23-5)8-10-18(16)21/h7-12,19H,6H2,1-5H3/t19-/m0/s1. The molecule has 0 bridgehead atoms. The second-order valence-electron chi connectivity index (χ2n) is 6.85. The average molecular weight is 318 g/mol. The lowest BCUT2D eigenvalue weighted by Gasteiger charge is -2.26. The van der Waals surface area contributed by atoms with Gasteiger partial charge in [0.25, 0.3) is 0 Å². The van der Waals surface area contributed by atoms with E-state index in [9.17, 15) is 4.39 Å². The van der Waals surface area contributed by atoms with Crippen LogP contribution in [0.1, 0.15) is 45.0 Å². The fourth-order valence-electron chi connectivity index (χ4n) is 2.59. The molecule has 0 radical (unpaired) electrons. The van der Waals surface area contributed by atoms with Crippen molar-refractivity contribution < 1.29 is 13.5 Å². The molecule has 0 unspecified atom stereocenters. The fourth-order valence-corrected chi connectivity index (χ4v) is 2.59. The van der Waals surface area contributed by atoms with E-state index in [1.165, 1.54) is 13.2 Å². The summed E-state index contributed by atoms with van der Waals surface area (Å²) in [7, 11) is 1.53. The van der Waals surface area contributed by atoms with Gasteiger partial charge in [-0.3, -0.25) is 0 Å². The summed E-state index contributed by atoms with van der Waals surface area (Å²) in [5, 5.41) is 0. The van der Waals surface area contributed by atoms with Gasteiger partial charge in [-0.05, 0) is 46.7 Å². The van der Waals surface area contributed by atoms with Crippen molar-refractivity contribution >= 4 is 0 Å². The summed E-state index contributed by atoms with van der Waals surface area (Å²) < 4.78 is 34.6. The summed E-state index contributed by atoms with van der Waals surface area (Å²) in [4.78, 5) is 0. The first-order valence-corrected chi connectivity index (χ1v) is 7.88. The Balaban J connectivity index is 2.67. The second kappa shape index (κ2) is 6.69. The molecule has 0 fully saturated rings. The van der Waals surface area contributed by atoms with Crippen molar-refractivity contribution in [3.05, 3.63) is 53.3 Å². The highest BCUT2D eigenvalue weighted by Gasteiger charge is 2.29. The molecule has 124 valence electrons. The molecule has 0 heterocycles. The number of rotatable bonds is 4. The molecule has 2 rings (SSSR count). The smallest absolute Gasteiger partial charge is 0.131 e. The van der Waals surface area contributed by atoms with Crippen LogP contribution in [0.5, 0.6) is 5.75 Å². The van der Waals surface area contributed by atoms with Crippen LogP contribution in [0.4, 0.5) is 8.78 Å². The van der Waals surface area contributed by atoms with Crippen LogP contribution < -0.4 is 4.74 Å². The molecule has 0 saturated carbocycles. The van der Waals surface area contributed by atoms with E-state index in [1.807, 2.05) is 45.9 Å². The Morgan fingerprint density at radius 2 is 1.74 bits per heavy atom. The molecule has 1 atom stereocenters. The minimum atomic E-state index is -1.19. The van der Waals surface area contributed by atoms with E-state index in [0.717, 1.165) is 12.0 Å². The maximum Gasteiger partial charge on any atom is 0.131 e. The van der Waals surface area contributed by atoms with Gasteiger partial charge >= 0.3 is 0 Å². The number of halogens is 2. The van der Waals surface area contributed by atoms with E-state index in [-0.39, 0.29) is 5.82 Å². The Hall–Kier alpha value is -1.90. The largest absolute Gasteiger partial charge is 0.497 e. The van der Waals surface area contributed by atoms with Crippen LogP contribution in [-0.4, -0.2) is 7.11 Å². The lowest BCUT2D eigenvalue weighted by atomic mass is 9.82. The van der Waals surface area contributed by atoms with Gasteiger partial charge < -0.3 is 4.74 Å². The number of aryl methyl sites for hydroxylation is 1. The summed E-state index contributed by atoms with van der Waals surface area (Å²) >= 11 is 0. The molecule has 0 amide bonds. The van der Waals surface area contributed by atoms with Crippen molar-refractivity contribution in [2.45, 2.75) is 40.3 Å². The molecular weight excluding hydrogens is 294 g/mol. The second-order valence-corrected chi connectivity index (χ2v) is 6.85. The number of hydrogen-bond acceptors (Lipinski definition) is 1. The average Bonchev–Trinajstić information content (AvgIpc) is 2.53. The first-order valence-electron chi connectivity index (χ1n) is 7.88. The number of benzene rings is 2. The van der Waals surface area contributed by atoms with Crippen LogP contribution in [0.25, 0.3) is 11.1 Å². The van der Waals surface area contributed by atoms with E-state index in [0.29, 0.717) is 22.4 Å². The van der Waals surface area contributed by atoms with Gasteiger partial charge in [0.1, 0.15) is 17.7 Å². The number of alkyl halides is 1. The van der Waals surface area contributed by atoms with Gasteiger partial charge in [0.05, 0.1) is 7.11 Å². The van der Waals surface area contributed by atoms with E-state index < -0.39 is 11.6 Å². The topological polar surface area (TPSA) is 9.23 Å². The lowest BCUT2D eigenvalue weighted by molar-refractivity contribution is 0.165. The highest BCUT2D eigenvalue weighted by atomic mass is 19.1. The maximum atomic E-state index is 15.1. The van der Waals surface area contributed by atoms with Crippen molar-refractivity contribution in [1.82, 2.24) is 0 Å². The maximum absolute atomic E-state index is 15.1. The van der Waals surface area contributed by atoms with Crippen LogP contribution in [0.15, 0.2) is 36.4 Å². The van der Waals surface area contributed by atoms with Crippen LogP contribution >= 0.6 is 0 Å². The van der Waals surface area contributed by atoms with Crippen LogP contribution in [0.3, 0.4) is 0 Å². The van der Waals surface area contributed by atoms with E-state index in [2.05, 4.69) is 0 Å². The monoisotopic (exact) mass is 318 g/mol. The predicted octanol–water partition coefficient (Wildman–Crippen LogP) is 6.12. The number of ether oxygens (including phenoxy) is 1. The molecule has 1 nitrogen and oxygen atoms in total. The molecule has 23 heavy (non-hydrogen) atoms. The zero-order valence-electron chi connectivity index (χ0n) is 14.4. The Morgan fingerprint density at radius 3 is 2.30 bits per heavy atom. The number of methoxy groups -OCH3 is 1. The molecule has 0 aromatic heterocycles. The lowest BCUT2D eigenvalue weighted by Crippen LogP contribution is -2.15. The third-order valence-corrected chi connectivity index (χ3v) is 4.02. The first kappa shape index (κ1) is 17.5. The van der Waals surface area contributed by atoms with E-state index in [1.54, 1.807) is 12.1 Å². The third kappa shape index (κ3) is 3.72. The van der Waals surface area contributed by atoms with Gasteiger partial charge in [-0.2, -0.15) is 0 Å². The zero-order chi connectivity index (χ0) is 17.2. The Bertz CT molecular complexity index is 687. The van der Waals surface area contributed by atoms with Gasteiger partial charge in [0, 0.05) is 5.56 Å². The SMILES string of the molecule is CCc1ccc(-c2cc(OC)ccc2F)c([C@H](F)C(C)(C)C)c1. The molecular formula is C20H24F2O. The molecule has 0 spiro atoms. The molecule has 0 saturated heterocycles. The molecule has 3 heteroatoms. The molecule has 0 aliphatic rings. The molecule has 2 aromatic carbocycles. The highest BCUT2D eigenvalue weighted by Crippen LogP contribution is 2.42. The molecule has 2 aromatic rings. The predicted molar refractivity (Wildman–Crippen MR) is 91.1 cm³/mol. The summed E-state index contributed by atoms with van der Waals surface area (Å²) in [6.07, 6.45) is -0.375. The van der Waals surface area contributed by atoms with Crippen molar-refractivity contribution in [2.75, 3.05) is 7.11 Å². The van der Waals surface area contributed by atoms with E-state index in [4.69, 9.17) is 4.74 Å². The zero-order valence-corrected chi connectivity index (χ0v) is 14.4. The molecule has 0 aliphatic heterocycles. The van der Waals surface area contributed by atoms with Gasteiger partial charge in [-0.1, -0.05) is 45.9 Å². The number of hydrogen-bond donors (Lipinski definition) is 0. The van der Waals surface area contributed by atoms with Gasteiger partial charge in [0.15, 0.2) is 0 Å². The van der Waals surface area contributed by atoms with Crippen molar-refractivity contribution in [3.8, 4) is 16.9 Å². The minimum absolute atomic E-state index is 0.369. The summed E-state index contributed by atoms with van der Waals surface area (Å²) in [5.41, 5.74) is 1.97. The summed E-state index contributed by atoms with van der Waals surface area (Å²) in [6.45, 7) is 7.57. The Kier molecular flexibility index (Phi) is 5.08. The van der Waals surface area contributed by atoms with Gasteiger partial charge in [0.2, 0.25) is 0 Å². The summed E-state index contributed by atoms with van der Waals surface area (Å²) in [5.74, 6) is 0.176. The quantitative estimate of drug-likeness (QED) is 0.660. The summed E-state index contributed by atoms with van der Waals surface area (Å²) in [6, 6.07) is 10.1. The van der Waals surface area contributed by atoms with Gasteiger partial charge in [-0.25, -0.2) is 8.78 Å². The molecule has 0 aliphatic carbocycles. The van der Waals surface area contributed by atoms with Gasteiger partial charge in [-0.15, -0.1) is 0 Å². The Morgan fingerprint density at radius 1 is 1.04 bits per heavy atom. The molecule has 0 N–H and O–H groups in total. The normalized spacial score (nSPS) is 13.0. The van der Waals surface area contributed by atoms with Crippen LogP contribution in [0.2, 0.25) is 0 Å². The van der Waals surface area contributed by atoms with Crippen molar-refractivity contribution in [2.24, 2.45) is 5.41 Å². The first-order chi connectivity index (χ1) is 10.8. The van der Waals surface area contributed by atoms with Crippen molar-refractivity contribution in [1.29, 1.82) is 0 Å². The van der Waals surface area contributed by atoms with Crippen molar-refractivity contribution in [3.63, 3.8) is 0 Å².